The second kappa shape index (κ2) is 7.94. The minimum absolute atomic E-state index is 0.0355. The number of benzene rings is 1. The molecule has 5 nitrogen and oxygen atoms in total. The largest absolute Gasteiger partial charge is 0.481 e. The van der Waals surface area contributed by atoms with E-state index in [0.717, 1.165) is 30.6 Å². The molecular weight excluding hydrogens is 282 g/mol. The van der Waals surface area contributed by atoms with Crippen molar-refractivity contribution in [1.29, 1.82) is 0 Å². The van der Waals surface area contributed by atoms with Gasteiger partial charge in [-0.25, -0.2) is 0 Å². The fraction of sp³-hybridized carbons (Fsp3) is 0.529. The first-order valence-electron chi connectivity index (χ1n) is 7.72. The fourth-order valence-electron chi connectivity index (χ4n) is 2.67. The summed E-state index contributed by atoms with van der Waals surface area (Å²) in [7, 11) is 0. The van der Waals surface area contributed by atoms with E-state index in [1.54, 1.807) is 4.90 Å². The lowest BCUT2D eigenvalue weighted by Crippen LogP contribution is -2.39. The molecule has 5 heteroatoms. The summed E-state index contributed by atoms with van der Waals surface area (Å²) < 4.78 is 5.57. The van der Waals surface area contributed by atoms with Crippen molar-refractivity contribution < 1.29 is 19.4 Å². The standard InChI is InChI=1S/C17H23NO4/c1-13-5-2-3-6-14(13)11-16(19)18(9-8-17(20)21)12-15-7-4-10-22-15/h2-3,5-6,15H,4,7-12H2,1H3,(H,20,21)/t15-/m0/s1. The summed E-state index contributed by atoms with van der Waals surface area (Å²) in [5.74, 6) is -0.924. The molecule has 0 bridgehead atoms. The Morgan fingerprint density at radius 1 is 1.36 bits per heavy atom. The maximum Gasteiger partial charge on any atom is 0.305 e. The summed E-state index contributed by atoms with van der Waals surface area (Å²) in [6.45, 7) is 3.42. The lowest BCUT2D eigenvalue weighted by molar-refractivity contribution is -0.139. The first-order chi connectivity index (χ1) is 10.6. The highest BCUT2D eigenvalue weighted by atomic mass is 16.5. The van der Waals surface area contributed by atoms with Gasteiger partial charge in [0.05, 0.1) is 18.9 Å². The summed E-state index contributed by atoms with van der Waals surface area (Å²) in [5, 5.41) is 8.87. The summed E-state index contributed by atoms with van der Waals surface area (Å²) >= 11 is 0. The molecular formula is C17H23NO4. The van der Waals surface area contributed by atoms with Crippen LogP contribution in [0.15, 0.2) is 24.3 Å². The van der Waals surface area contributed by atoms with Crippen LogP contribution < -0.4 is 0 Å². The minimum atomic E-state index is -0.888. The number of ether oxygens (including phenoxy) is 1. The average molecular weight is 305 g/mol. The van der Waals surface area contributed by atoms with Gasteiger partial charge in [-0.15, -0.1) is 0 Å². The third-order valence-corrected chi connectivity index (χ3v) is 4.00. The lowest BCUT2D eigenvalue weighted by Gasteiger charge is -2.25. The normalized spacial score (nSPS) is 17.4. The summed E-state index contributed by atoms with van der Waals surface area (Å²) in [6.07, 6.45) is 2.24. The van der Waals surface area contributed by atoms with Gasteiger partial charge >= 0.3 is 5.97 Å². The van der Waals surface area contributed by atoms with Crippen molar-refractivity contribution in [3.05, 3.63) is 35.4 Å². The number of hydrogen-bond donors (Lipinski definition) is 1. The van der Waals surface area contributed by atoms with Crippen LogP contribution in [0.25, 0.3) is 0 Å². The summed E-state index contributed by atoms with van der Waals surface area (Å²) in [5.41, 5.74) is 2.06. The van der Waals surface area contributed by atoms with Crippen LogP contribution in [0, 0.1) is 6.92 Å². The Morgan fingerprint density at radius 2 is 2.14 bits per heavy atom. The second-order valence-corrected chi connectivity index (χ2v) is 5.72. The van der Waals surface area contributed by atoms with Crippen LogP contribution in [0.5, 0.6) is 0 Å². The van der Waals surface area contributed by atoms with Gasteiger partial charge in [-0.2, -0.15) is 0 Å². The Bertz CT molecular complexity index is 523. The van der Waals surface area contributed by atoms with Crippen molar-refractivity contribution in [3.8, 4) is 0 Å². The number of amides is 1. The van der Waals surface area contributed by atoms with Crippen LogP contribution in [0.2, 0.25) is 0 Å². The van der Waals surface area contributed by atoms with Gasteiger partial charge in [0.25, 0.3) is 0 Å². The monoisotopic (exact) mass is 305 g/mol. The lowest BCUT2D eigenvalue weighted by atomic mass is 10.0. The van der Waals surface area contributed by atoms with E-state index in [4.69, 9.17) is 9.84 Å². The molecule has 0 radical (unpaired) electrons. The number of aliphatic carboxylic acids is 1. The third kappa shape index (κ3) is 4.84. The van der Waals surface area contributed by atoms with Crippen molar-refractivity contribution in [1.82, 2.24) is 4.90 Å². The van der Waals surface area contributed by atoms with E-state index < -0.39 is 5.97 Å². The van der Waals surface area contributed by atoms with Gasteiger partial charge in [-0.1, -0.05) is 24.3 Å². The van der Waals surface area contributed by atoms with E-state index in [1.165, 1.54) is 0 Å². The molecule has 0 saturated carbocycles. The Kier molecular flexibility index (Phi) is 5.95. The molecule has 1 fully saturated rings. The molecule has 0 spiro atoms. The Labute approximate surface area is 130 Å². The maximum absolute atomic E-state index is 12.5. The maximum atomic E-state index is 12.5. The number of carbonyl (C=O) groups excluding carboxylic acids is 1. The van der Waals surface area contributed by atoms with Crippen LogP contribution in [0.1, 0.15) is 30.4 Å². The molecule has 1 aromatic carbocycles. The quantitative estimate of drug-likeness (QED) is 0.837. The molecule has 120 valence electrons. The zero-order valence-electron chi connectivity index (χ0n) is 13.0. The predicted molar refractivity (Wildman–Crippen MR) is 82.7 cm³/mol. The minimum Gasteiger partial charge on any atom is -0.481 e. The van der Waals surface area contributed by atoms with Crippen molar-refractivity contribution >= 4 is 11.9 Å². The highest BCUT2D eigenvalue weighted by Gasteiger charge is 2.23. The number of rotatable bonds is 7. The Morgan fingerprint density at radius 3 is 2.77 bits per heavy atom. The van der Waals surface area contributed by atoms with Crippen LogP contribution in [-0.4, -0.2) is 47.7 Å². The van der Waals surface area contributed by atoms with Crippen LogP contribution in [0.3, 0.4) is 0 Å². The van der Waals surface area contributed by atoms with E-state index in [2.05, 4.69) is 0 Å². The molecule has 1 atom stereocenters. The van der Waals surface area contributed by atoms with Gasteiger partial charge in [0, 0.05) is 19.7 Å². The molecule has 1 amide bonds. The van der Waals surface area contributed by atoms with Crippen molar-refractivity contribution in [2.24, 2.45) is 0 Å². The number of aryl methyl sites for hydroxylation is 1. The van der Waals surface area contributed by atoms with E-state index >= 15 is 0 Å². The van der Waals surface area contributed by atoms with E-state index in [9.17, 15) is 9.59 Å². The topological polar surface area (TPSA) is 66.8 Å². The van der Waals surface area contributed by atoms with Gasteiger partial charge in [-0.3, -0.25) is 9.59 Å². The molecule has 2 rings (SSSR count). The highest BCUT2D eigenvalue weighted by Crippen LogP contribution is 2.15. The van der Waals surface area contributed by atoms with E-state index in [1.807, 2.05) is 31.2 Å². The number of nitrogens with zero attached hydrogens (tertiary/aromatic N) is 1. The van der Waals surface area contributed by atoms with Gasteiger partial charge in [0.2, 0.25) is 5.91 Å². The highest BCUT2D eigenvalue weighted by molar-refractivity contribution is 5.79. The van der Waals surface area contributed by atoms with Crippen LogP contribution in [0.4, 0.5) is 0 Å². The molecule has 0 aliphatic carbocycles. The molecule has 1 aliphatic heterocycles. The molecule has 1 N–H and O–H groups in total. The Balaban J connectivity index is 2.00. The zero-order chi connectivity index (χ0) is 15.9. The summed E-state index contributed by atoms with van der Waals surface area (Å²) in [6, 6.07) is 7.77. The van der Waals surface area contributed by atoms with Crippen LogP contribution >= 0.6 is 0 Å². The molecule has 1 heterocycles. The first kappa shape index (κ1) is 16.5. The predicted octanol–water partition coefficient (Wildman–Crippen LogP) is 2.02. The smallest absolute Gasteiger partial charge is 0.305 e. The molecule has 0 unspecified atom stereocenters. The van der Waals surface area contributed by atoms with Crippen molar-refractivity contribution in [2.75, 3.05) is 19.7 Å². The fourth-order valence-corrected chi connectivity index (χ4v) is 2.67. The molecule has 1 aromatic rings. The number of carboxylic acid groups (broad SMARTS) is 1. The molecule has 22 heavy (non-hydrogen) atoms. The van der Waals surface area contributed by atoms with Gasteiger partial charge in [0.1, 0.15) is 0 Å². The zero-order valence-corrected chi connectivity index (χ0v) is 13.0. The molecule has 1 aliphatic rings. The number of hydrogen-bond acceptors (Lipinski definition) is 3. The Hall–Kier alpha value is -1.88. The van der Waals surface area contributed by atoms with Gasteiger partial charge < -0.3 is 14.7 Å². The molecule has 1 saturated heterocycles. The molecule has 0 aromatic heterocycles. The number of carbonyl (C=O) groups is 2. The van der Waals surface area contributed by atoms with Crippen molar-refractivity contribution in [2.45, 2.75) is 38.7 Å². The second-order valence-electron chi connectivity index (χ2n) is 5.72. The van der Waals surface area contributed by atoms with Gasteiger partial charge in [-0.05, 0) is 30.9 Å². The number of carboxylic acids is 1. The first-order valence-corrected chi connectivity index (χ1v) is 7.72. The third-order valence-electron chi connectivity index (χ3n) is 4.00. The average Bonchev–Trinajstić information content (AvgIpc) is 2.98. The van der Waals surface area contributed by atoms with Crippen LogP contribution in [-0.2, 0) is 20.7 Å². The van der Waals surface area contributed by atoms with Crippen molar-refractivity contribution in [3.63, 3.8) is 0 Å². The summed E-state index contributed by atoms with van der Waals surface area (Å²) in [4.78, 5) is 25.0. The van der Waals surface area contributed by atoms with Gasteiger partial charge in [0.15, 0.2) is 0 Å². The SMILES string of the molecule is Cc1ccccc1CC(=O)N(CCC(=O)O)C[C@@H]1CCCO1. The van der Waals surface area contributed by atoms with E-state index in [-0.39, 0.29) is 25.0 Å². The van der Waals surface area contributed by atoms with E-state index in [0.29, 0.717) is 13.0 Å².